The Hall–Kier alpha value is -1.74. The first-order chi connectivity index (χ1) is 8.69. The minimum atomic E-state index is -0.131. The highest BCUT2D eigenvalue weighted by Gasteiger charge is 2.07. The normalized spacial score (nSPS) is 10.3. The maximum absolute atomic E-state index is 11.8. The summed E-state index contributed by atoms with van der Waals surface area (Å²) in [6.07, 6.45) is 1.46. The third-order valence-corrected chi connectivity index (χ3v) is 2.93. The molecule has 1 N–H and O–H groups in total. The summed E-state index contributed by atoms with van der Waals surface area (Å²) >= 11 is 5.71. The van der Waals surface area contributed by atoms with Crippen molar-refractivity contribution in [1.82, 2.24) is 5.32 Å². The number of alkyl halides is 1. The quantitative estimate of drug-likeness (QED) is 0.861. The summed E-state index contributed by atoms with van der Waals surface area (Å²) in [6.45, 7) is 2.30. The third kappa shape index (κ3) is 3.14. The number of amides is 1. The number of furan rings is 1. The van der Waals surface area contributed by atoms with Crippen LogP contribution in [0.25, 0.3) is 0 Å². The third-order valence-electron chi connectivity index (χ3n) is 2.62. The van der Waals surface area contributed by atoms with E-state index in [9.17, 15) is 4.79 Å². The lowest BCUT2D eigenvalue weighted by atomic mass is 10.1. The molecule has 94 valence electrons. The number of benzene rings is 1. The van der Waals surface area contributed by atoms with Gasteiger partial charge in [0.1, 0.15) is 12.0 Å². The Morgan fingerprint density at radius 3 is 2.50 bits per heavy atom. The summed E-state index contributed by atoms with van der Waals surface area (Å²) in [7, 11) is 0. The average Bonchev–Trinajstić information content (AvgIpc) is 2.83. The van der Waals surface area contributed by atoms with Crippen molar-refractivity contribution in [3.8, 4) is 0 Å². The minimum Gasteiger partial charge on any atom is -0.469 e. The predicted molar refractivity (Wildman–Crippen MR) is 70.6 cm³/mol. The first-order valence-electron chi connectivity index (χ1n) is 5.66. The lowest BCUT2D eigenvalue weighted by molar-refractivity contribution is 0.0950. The molecular formula is C14H14ClNO2. The molecule has 0 saturated heterocycles. The Kier molecular flexibility index (Phi) is 4.05. The van der Waals surface area contributed by atoms with Gasteiger partial charge in [0.15, 0.2) is 0 Å². The van der Waals surface area contributed by atoms with Crippen LogP contribution in [0.4, 0.5) is 0 Å². The highest BCUT2D eigenvalue weighted by Crippen LogP contribution is 2.08. The van der Waals surface area contributed by atoms with Crippen molar-refractivity contribution < 1.29 is 9.21 Å². The first-order valence-corrected chi connectivity index (χ1v) is 6.19. The van der Waals surface area contributed by atoms with E-state index < -0.39 is 0 Å². The zero-order valence-electron chi connectivity index (χ0n) is 10.1. The van der Waals surface area contributed by atoms with E-state index in [1.165, 1.54) is 6.26 Å². The van der Waals surface area contributed by atoms with E-state index in [1.807, 2.05) is 31.2 Å². The summed E-state index contributed by atoms with van der Waals surface area (Å²) in [4.78, 5) is 11.8. The van der Waals surface area contributed by atoms with Gasteiger partial charge in [0.05, 0.1) is 5.56 Å². The molecule has 0 aliphatic heterocycles. The summed E-state index contributed by atoms with van der Waals surface area (Å²) in [5.41, 5.74) is 2.65. The van der Waals surface area contributed by atoms with Crippen LogP contribution in [0.3, 0.4) is 0 Å². The second-order valence-corrected chi connectivity index (χ2v) is 4.35. The van der Waals surface area contributed by atoms with Crippen LogP contribution < -0.4 is 5.32 Å². The average molecular weight is 264 g/mol. The highest BCUT2D eigenvalue weighted by molar-refractivity contribution is 6.17. The number of hydrogen-bond donors (Lipinski definition) is 1. The number of carbonyl (C=O) groups excluding carboxylic acids is 1. The van der Waals surface area contributed by atoms with Crippen LogP contribution >= 0.6 is 11.6 Å². The molecule has 0 bridgehead atoms. The van der Waals surface area contributed by atoms with Crippen molar-refractivity contribution in [1.29, 1.82) is 0 Å². The molecule has 0 radical (unpaired) electrons. The molecule has 2 aromatic rings. The second kappa shape index (κ2) is 5.74. The van der Waals surface area contributed by atoms with Crippen molar-refractivity contribution in [2.75, 3.05) is 0 Å². The molecule has 18 heavy (non-hydrogen) atoms. The minimum absolute atomic E-state index is 0.131. The van der Waals surface area contributed by atoms with Gasteiger partial charge in [-0.05, 0) is 24.1 Å². The van der Waals surface area contributed by atoms with Crippen LogP contribution in [0.1, 0.15) is 27.2 Å². The molecule has 0 spiro atoms. The Labute approximate surface area is 111 Å². The van der Waals surface area contributed by atoms with Gasteiger partial charge < -0.3 is 9.73 Å². The van der Waals surface area contributed by atoms with Gasteiger partial charge in [0.2, 0.25) is 0 Å². The first kappa shape index (κ1) is 12.7. The van der Waals surface area contributed by atoms with E-state index in [4.69, 9.17) is 16.0 Å². The van der Waals surface area contributed by atoms with Gasteiger partial charge in [-0.2, -0.15) is 0 Å². The molecule has 4 heteroatoms. The molecule has 1 aromatic carbocycles. The SMILES string of the molecule is Cc1cc(C(=O)NCc2ccc(CCl)cc2)co1. The Morgan fingerprint density at radius 1 is 1.28 bits per heavy atom. The molecule has 0 fully saturated rings. The van der Waals surface area contributed by atoms with Gasteiger partial charge in [-0.3, -0.25) is 4.79 Å². The predicted octanol–water partition coefficient (Wildman–Crippen LogP) is 3.26. The van der Waals surface area contributed by atoms with Gasteiger partial charge in [-0.25, -0.2) is 0 Å². The molecule has 1 heterocycles. The number of hydrogen-bond acceptors (Lipinski definition) is 2. The molecule has 0 aliphatic rings. The largest absolute Gasteiger partial charge is 0.469 e. The highest BCUT2D eigenvalue weighted by atomic mass is 35.5. The summed E-state index contributed by atoms with van der Waals surface area (Å²) < 4.78 is 5.09. The van der Waals surface area contributed by atoms with Crippen LogP contribution in [-0.2, 0) is 12.4 Å². The summed E-state index contributed by atoms with van der Waals surface area (Å²) in [5, 5.41) is 2.83. The molecule has 0 saturated carbocycles. The van der Waals surface area contributed by atoms with E-state index >= 15 is 0 Å². The van der Waals surface area contributed by atoms with E-state index in [2.05, 4.69) is 5.32 Å². The number of aryl methyl sites for hydroxylation is 1. The van der Waals surface area contributed by atoms with Crippen LogP contribution in [0, 0.1) is 6.92 Å². The Balaban J connectivity index is 1.92. The van der Waals surface area contributed by atoms with Gasteiger partial charge in [0, 0.05) is 12.4 Å². The molecule has 1 amide bonds. The molecule has 0 aliphatic carbocycles. The maximum atomic E-state index is 11.8. The van der Waals surface area contributed by atoms with Crippen LogP contribution in [0.2, 0.25) is 0 Å². The second-order valence-electron chi connectivity index (χ2n) is 4.08. The van der Waals surface area contributed by atoms with Crippen molar-refractivity contribution in [3.05, 3.63) is 59.0 Å². The molecular weight excluding hydrogens is 250 g/mol. The van der Waals surface area contributed by atoms with Crippen LogP contribution in [0.15, 0.2) is 41.0 Å². The van der Waals surface area contributed by atoms with Crippen molar-refractivity contribution in [3.63, 3.8) is 0 Å². The van der Waals surface area contributed by atoms with Gasteiger partial charge in [-0.15, -0.1) is 11.6 Å². The van der Waals surface area contributed by atoms with Crippen molar-refractivity contribution in [2.24, 2.45) is 0 Å². The van der Waals surface area contributed by atoms with Gasteiger partial charge in [0.25, 0.3) is 5.91 Å². The number of carbonyl (C=O) groups is 1. The fourth-order valence-electron chi connectivity index (χ4n) is 1.59. The van der Waals surface area contributed by atoms with E-state index in [0.29, 0.717) is 18.0 Å². The lowest BCUT2D eigenvalue weighted by Gasteiger charge is -2.04. The Bertz CT molecular complexity index is 531. The van der Waals surface area contributed by atoms with Crippen LogP contribution in [-0.4, -0.2) is 5.91 Å². The maximum Gasteiger partial charge on any atom is 0.254 e. The topological polar surface area (TPSA) is 42.2 Å². The van der Waals surface area contributed by atoms with Crippen molar-refractivity contribution in [2.45, 2.75) is 19.3 Å². The molecule has 0 atom stereocenters. The van der Waals surface area contributed by atoms with Gasteiger partial charge in [-0.1, -0.05) is 24.3 Å². The number of nitrogens with one attached hydrogen (secondary N) is 1. The molecule has 3 nitrogen and oxygen atoms in total. The Morgan fingerprint density at radius 2 is 1.94 bits per heavy atom. The fourth-order valence-corrected chi connectivity index (χ4v) is 1.77. The van der Waals surface area contributed by atoms with Gasteiger partial charge >= 0.3 is 0 Å². The summed E-state index contributed by atoms with van der Waals surface area (Å²) in [6, 6.07) is 9.54. The molecule has 1 aromatic heterocycles. The lowest BCUT2D eigenvalue weighted by Crippen LogP contribution is -2.22. The van der Waals surface area contributed by atoms with E-state index in [1.54, 1.807) is 6.07 Å². The zero-order chi connectivity index (χ0) is 13.0. The fraction of sp³-hybridized carbons (Fsp3) is 0.214. The number of halogens is 1. The smallest absolute Gasteiger partial charge is 0.254 e. The van der Waals surface area contributed by atoms with Crippen molar-refractivity contribution >= 4 is 17.5 Å². The van der Waals surface area contributed by atoms with Crippen LogP contribution in [0.5, 0.6) is 0 Å². The standard InChI is InChI=1S/C14H14ClNO2/c1-10-6-13(9-18-10)14(17)16-8-12-4-2-11(7-15)3-5-12/h2-6,9H,7-8H2,1H3,(H,16,17). The molecule has 0 unspecified atom stereocenters. The van der Waals surface area contributed by atoms with E-state index in [0.717, 1.165) is 16.9 Å². The van der Waals surface area contributed by atoms with E-state index in [-0.39, 0.29) is 5.91 Å². The summed E-state index contributed by atoms with van der Waals surface area (Å²) in [5.74, 6) is 1.10. The monoisotopic (exact) mass is 263 g/mol. The molecule has 2 rings (SSSR count). The number of rotatable bonds is 4. The zero-order valence-corrected chi connectivity index (χ0v) is 10.8.